The Hall–Kier alpha value is 0.700. The Morgan fingerprint density at radius 1 is 0.867 bits per heavy atom. The molecule has 0 radical (unpaired) electrons. The highest BCUT2D eigenvalue weighted by Crippen LogP contribution is 2.62. The molecule has 0 amide bonds. The van der Waals surface area contributed by atoms with Gasteiger partial charge in [0.05, 0.1) is 0 Å². The van der Waals surface area contributed by atoms with Gasteiger partial charge in [-0.15, -0.1) is 0 Å². The molecule has 0 aliphatic heterocycles. The van der Waals surface area contributed by atoms with Crippen LogP contribution in [0.2, 0.25) is 0 Å². The van der Waals surface area contributed by atoms with Crippen LogP contribution in [-0.2, 0) is 0 Å². The van der Waals surface area contributed by atoms with Crippen molar-refractivity contribution in [3.8, 4) is 0 Å². The first-order valence-electron chi connectivity index (χ1n) is 6.52. The van der Waals surface area contributed by atoms with Gasteiger partial charge in [-0.25, -0.2) is 0 Å². The molecule has 3 fully saturated rings. The summed E-state index contributed by atoms with van der Waals surface area (Å²) in [5.41, 5.74) is 0. The summed E-state index contributed by atoms with van der Waals surface area (Å²) in [6.07, 6.45) is 10.1. The minimum absolute atomic E-state index is 1.08. The normalized spacial score (nSPS) is 47.4. The highest BCUT2D eigenvalue weighted by molar-refractivity contribution is 8.02. The molecule has 0 N–H and O–H groups in total. The number of hydrogen-bond acceptors (Lipinski definition) is 2. The molecule has 0 saturated heterocycles. The van der Waals surface area contributed by atoms with Crippen molar-refractivity contribution in [3.63, 3.8) is 0 Å². The molecule has 0 aromatic heterocycles. The SMILES string of the molecule is CSCCSC1C2CCC1C1CCCC12. The van der Waals surface area contributed by atoms with Gasteiger partial charge in [0.15, 0.2) is 0 Å². The molecule has 86 valence electrons. The molecule has 0 heterocycles. The van der Waals surface area contributed by atoms with Crippen molar-refractivity contribution in [3.05, 3.63) is 0 Å². The highest BCUT2D eigenvalue weighted by atomic mass is 32.2. The van der Waals surface area contributed by atoms with Crippen molar-refractivity contribution in [2.24, 2.45) is 23.7 Å². The molecule has 3 aliphatic rings. The first-order valence-corrected chi connectivity index (χ1v) is 8.96. The van der Waals surface area contributed by atoms with E-state index in [0.29, 0.717) is 0 Å². The minimum atomic E-state index is 1.08. The quantitative estimate of drug-likeness (QED) is 0.686. The third kappa shape index (κ3) is 1.76. The molecule has 3 saturated carbocycles. The molecule has 2 heteroatoms. The number of hydrogen-bond donors (Lipinski definition) is 0. The lowest BCUT2D eigenvalue weighted by molar-refractivity contribution is 0.259. The van der Waals surface area contributed by atoms with E-state index in [1.807, 2.05) is 11.8 Å². The van der Waals surface area contributed by atoms with Gasteiger partial charge in [0.2, 0.25) is 0 Å². The Morgan fingerprint density at radius 2 is 1.53 bits per heavy atom. The van der Waals surface area contributed by atoms with Gasteiger partial charge in [-0.3, -0.25) is 0 Å². The molecule has 4 unspecified atom stereocenters. The van der Waals surface area contributed by atoms with Gasteiger partial charge in [0.25, 0.3) is 0 Å². The summed E-state index contributed by atoms with van der Waals surface area (Å²) in [5, 5.41) is 1.08. The van der Waals surface area contributed by atoms with E-state index < -0.39 is 0 Å². The summed E-state index contributed by atoms with van der Waals surface area (Å²) in [4.78, 5) is 0. The van der Waals surface area contributed by atoms with Gasteiger partial charge in [0, 0.05) is 16.8 Å². The predicted octanol–water partition coefficient (Wildman–Crippen LogP) is 3.91. The maximum atomic E-state index is 2.32. The molecular weight excluding hydrogens is 220 g/mol. The smallest absolute Gasteiger partial charge is 0.0109 e. The van der Waals surface area contributed by atoms with Gasteiger partial charge < -0.3 is 0 Å². The largest absolute Gasteiger partial charge is 0.165 e. The van der Waals surface area contributed by atoms with Crippen LogP contribution in [0.25, 0.3) is 0 Å². The third-order valence-corrected chi connectivity index (χ3v) is 7.39. The van der Waals surface area contributed by atoms with Crippen molar-refractivity contribution < 1.29 is 0 Å². The molecule has 0 aromatic carbocycles. The fraction of sp³-hybridized carbons (Fsp3) is 1.00. The molecule has 15 heavy (non-hydrogen) atoms. The minimum Gasteiger partial charge on any atom is -0.165 e. The highest BCUT2D eigenvalue weighted by Gasteiger charge is 2.55. The van der Waals surface area contributed by atoms with Crippen molar-refractivity contribution in [1.29, 1.82) is 0 Å². The van der Waals surface area contributed by atoms with Crippen LogP contribution < -0.4 is 0 Å². The second kappa shape index (κ2) is 4.52. The molecule has 0 spiro atoms. The van der Waals surface area contributed by atoms with E-state index in [-0.39, 0.29) is 0 Å². The Labute approximate surface area is 102 Å². The van der Waals surface area contributed by atoms with Crippen LogP contribution in [0.4, 0.5) is 0 Å². The summed E-state index contributed by atoms with van der Waals surface area (Å²) >= 11 is 4.33. The van der Waals surface area contributed by atoms with Crippen LogP contribution >= 0.6 is 23.5 Å². The number of rotatable bonds is 4. The monoisotopic (exact) mass is 242 g/mol. The van der Waals surface area contributed by atoms with E-state index in [1.165, 1.54) is 11.5 Å². The first-order chi connectivity index (χ1) is 7.42. The Morgan fingerprint density at radius 3 is 2.13 bits per heavy atom. The Balaban J connectivity index is 1.62. The van der Waals surface area contributed by atoms with Crippen LogP contribution in [0.5, 0.6) is 0 Å². The molecule has 0 nitrogen and oxygen atoms in total. The van der Waals surface area contributed by atoms with Crippen molar-refractivity contribution in [1.82, 2.24) is 0 Å². The summed E-state index contributed by atoms with van der Waals surface area (Å²) in [6, 6.07) is 0. The van der Waals surface area contributed by atoms with E-state index in [9.17, 15) is 0 Å². The van der Waals surface area contributed by atoms with Gasteiger partial charge in [0.1, 0.15) is 0 Å². The van der Waals surface area contributed by atoms with Gasteiger partial charge in [-0.05, 0) is 55.6 Å². The molecule has 3 aliphatic carbocycles. The lowest BCUT2D eigenvalue weighted by Crippen LogP contribution is -2.15. The van der Waals surface area contributed by atoms with Crippen LogP contribution in [0.3, 0.4) is 0 Å². The molecular formula is C13H22S2. The lowest BCUT2D eigenvalue weighted by Gasteiger charge is -2.23. The third-order valence-electron chi connectivity index (χ3n) is 5.00. The number of fused-ring (bicyclic) bond motifs is 5. The van der Waals surface area contributed by atoms with Crippen molar-refractivity contribution in [2.75, 3.05) is 17.8 Å². The van der Waals surface area contributed by atoms with Gasteiger partial charge in [-0.2, -0.15) is 23.5 Å². The molecule has 4 atom stereocenters. The van der Waals surface area contributed by atoms with E-state index in [0.717, 1.165) is 28.9 Å². The Kier molecular flexibility index (Phi) is 3.26. The summed E-state index contributed by atoms with van der Waals surface area (Å²) < 4.78 is 0. The van der Waals surface area contributed by atoms with Crippen LogP contribution in [0, 0.1) is 23.7 Å². The zero-order valence-electron chi connectivity index (χ0n) is 9.65. The van der Waals surface area contributed by atoms with Crippen molar-refractivity contribution >= 4 is 23.5 Å². The zero-order chi connectivity index (χ0) is 10.3. The summed E-state index contributed by atoms with van der Waals surface area (Å²) in [7, 11) is 0. The van der Waals surface area contributed by atoms with Crippen LogP contribution in [0.1, 0.15) is 32.1 Å². The molecule has 0 aromatic rings. The average Bonchev–Trinajstić information content (AvgIpc) is 2.88. The Bertz CT molecular complexity index is 211. The number of thioether (sulfide) groups is 2. The van der Waals surface area contributed by atoms with E-state index in [4.69, 9.17) is 0 Å². The molecule has 2 bridgehead atoms. The average molecular weight is 242 g/mol. The van der Waals surface area contributed by atoms with Gasteiger partial charge in [-0.1, -0.05) is 6.42 Å². The fourth-order valence-electron chi connectivity index (χ4n) is 4.54. The summed E-state index contributed by atoms with van der Waals surface area (Å²) in [6.45, 7) is 0. The maximum Gasteiger partial charge on any atom is 0.0109 e. The van der Waals surface area contributed by atoms with Crippen molar-refractivity contribution in [2.45, 2.75) is 37.4 Å². The van der Waals surface area contributed by atoms with E-state index in [2.05, 4.69) is 18.0 Å². The standard InChI is InChI=1S/C13H22S2/c1-14-7-8-15-13-11-5-6-12(13)10-4-2-3-9(10)11/h9-13H,2-8H2,1H3. The predicted molar refractivity (Wildman–Crippen MR) is 71.7 cm³/mol. The second-order valence-electron chi connectivity index (χ2n) is 5.49. The topological polar surface area (TPSA) is 0 Å². The maximum absolute atomic E-state index is 2.32. The zero-order valence-corrected chi connectivity index (χ0v) is 11.3. The van der Waals surface area contributed by atoms with Gasteiger partial charge >= 0.3 is 0 Å². The fourth-order valence-corrected chi connectivity index (χ4v) is 7.04. The first kappa shape index (κ1) is 10.8. The van der Waals surface area contributed by atoms with E-state index in [1.54, 1.807) is 32.1 Å². The lowest BCUT2D eigenvalue weighted by atomic mass is 9.82. The van der Waals surface area contributed by atoms with E-state index >= 15 is 0 Å². The van der Waals surface area contributed by atoms with Crippen LogP contribution in [-0.4, -0.2) is 23.0 Å². The van der Waals surface area contributed by atoms with Crippen LogP contribution in [0.15, 0.2) is 0 Å². The second-order valence-corrected chi connectivity index (χ2v) is 7.76. The molecule has 3 rings (SSSR count). The summed E-state index contributed by atoms with van der Waals surface area (Å²) in [5.74, 6) is 7.35.